The molecule has 0 aliphatic carbocycles. The maximum atomic E-state index is 12.5. The molecule has 2 aromatic rings. The lowest BCUT2D eigenvalue weighted by Crippen LogP contribution is -2.27. The van der Waals surface area contributed by atoms with E-state index in [-0.39, 0.29) is 17.5 Å². The van der Waals surface area contributed by atoms with Gasteiger partial charge in [0.05, 0.1) is 11.5 Å². The van der Waals surface area contributed by atoms with Crippen molar-refractivity contribution < 1.29 is 13.5 Å². The van der Waals surface area contributed by atoms with Gasteiger partial charge in [-0.3, -0.25) is 0 Å². The highest BCUT2D eigenvalue weighted by Gasteiger charge is 2.21. The van der Waals surface area contributed by atoms with E-state index in [1.54, 1.807) is 19.1 Å². The second-order valence-electron chi connectivity index (χ2n) is 5.10. The van der Waals surface area contributed by atoms with E-state index in [1.165, 1.54) is 11.3 Å². The Hall–Kier alpha value is -1.21. The molecule has 21 heavy (non-hydrogen) atoms. The average molecular weight is 325 g/mol. The number of thiophene rings is 1. The lowest BCUT2D eigenvalue weighted by atomic mass is 10.1. The maximum Gasteiger partial charge on any atom is 0.241 e. The first-order chi connectivity index (χ1) is 9.85. The predicted octanol–water partition coefficient (Wildman–Crippen LogP) is 2.90. The van der Waals surface area contributed by atoms with Crippen LogP contribution in [0.15, 0.2) is 33.9 Å². The van der Waals surface area contributed by atoms with Gasteiger partial charge in [0.25, 0.3) is 0 Å². The molecule has 0 bridgehead atoms. The van der Waals surface area contributed by atoms with E-state index in [0.29, 0.717) is 11.1 Å². The molecule has 0 spiro atoms. The van der Waals surface area contributed by atoms with Crippen molar-refractivity contribution in [3.8, 4) is 0 Å². The highest BCUT2D eigenvalue weighted by atomic mass is 32.2. The molecule has 0 aliphatic rings. The van der Waals surface area contributed by atoms with E-state index in [0.717, 1.165) is 11.1 Å². The zero-order valence-electron chi connectivity index (χ0n) is 12.3. The summed E-state index contributed by atoms with van der Waals surface area (Å²) in [5.41, 5.74) is 3.13. The third-order valence-electron chi connectivity index (χ3n) is 3.47. The molecule has 4 nitrogen and oxygen atoms in total. The van der Waals surface area contributed by atoms with Crippen molar-refractivity contribution in [3.63, 3.8) is 0 Å². The molecular formula is C15H19NO3S2. The average Bonchev–Trinajstić information content (AvgIpc) is 2.91. The summed E-state index contributed by atoms with van der Waals surface area (Å²) in [4.78, 5) is 0.222. The van der Waals surface area contributed by atoms with E-state index in [1.807, 2.05) is 30.7 Å². The van der Waals surface area contributed by atoms with Crippen molar-refractivity contribution in [1.82, 2.24) is 4.72 Å². The molecule has 2 rings (SSSR count). The highest BCUT2D eigenvalue weighted by molar-refractivity contribution is 7.89. The number of aryl methyl sites for hydroxylation is 2. The molecule has 114 valence electrons. The van der Waals surface area contributed by atoms with Gasteiger partial charge in [-0.2, -0.15) is 11.3 Å². The summed E-state index contributed by atoms with van der Waals surface area (Å²) in [6.45, 7) is 5.26. The summed E-state index contributed by atoms with van der Waals surface area (Å²) < 4.78 is 27.8. The minimum absolute atomic E-state index is 0.172. The van der Waals surface area contributed by atoms with Crippen LogP contribution in [-0.4, -0.2) is 13.5 Å². The summed E-state index contributed by atoms with van der Waals surface area (Å²) in [5.74, 6) is 0. The summed E-state index contributed by atoms with van der Waals surface area (Å²) in [7, 11) is -3.62. The van der Waals surface area contributed by atoms with Crippen molar-refractivity contribution in [2.45, 2.75) is 38.3 Å². The van der Waals surface area contributed by atoms with Crippen LogP contribution in [0.4, 0.5) is 0 Å². The fraction of sp³-hybridized carbons (Fsp3) is 0.333. The van der Waals surface area contributed by atoms with Gasteiger partial charge < -0.3 is 5.11 Å². The second kappa shape index (κ2) is 6.27. The molecule has 1 heterocycles. The summed E-state index contributed by atoms with van der Waals surface area (Å²) in [6, 6.07) is 4.95. The van der Waals surface area contributed by atoms with E-state index >= 15 is 0 Å². The van der Waals surface area contributed by atoms with Crippen molar-refractivity contribution in [2.75, 3.05) is 0 Å². The normalized spacial score (nSPS) is 13.3. The highest BCUT2D eigenvalue weighted by Crippen LogP contribution is 2.23. The predicted molar refractivity (Wildman–Crippen MR) is 84.9 cm³/mol. The number of benzene rings is 1. The SMILES string of the molecule is Cc1cc(C)c(S(=O)(=O)NC(C)c2ccsc2)cc1CO. The standard InChI is InChI=1S/C15H19NO3S2/c1-10-6-11(2)15(7-14(10)8-17)21(18,19)16-12(3)13-4-5-20-9-13/h4-7,9,12,16-17H,8H2,1-3H3. The van der Waals surface area contributed by atoms with Crippen molar-refractivity contribution in [1.29, 1.82) is 0 Å². The van der Waals surface area contributed by atoms with Crippen LogP contribution in [0.3, 0.4) is 0 Å². The summed E-state index contributed by atoms with van der Waals surface area (Å²) in [5, 5.41) is 13.2. The van der Waals surface area contributed by atoms with Gasteiger partial charge in [-0.05, 0) is 65.9 Å². The number of aliphatic hydroxyl groups excluding tert-OH is 1. The van der Waals surface area contributed by atoms with Crippen LogP contribution < -0.4 is 4.72 Å². The Morgan fingerprint density at radius 2 is 2.00 bits per heavy atom. The van der Waals surface area contributed by atoms with Crippen LogP contribution in [0.1, 0.15) is 35.2 Å². The number of hydrogen-bond donors (Lipinski definition) is 2. The first-order valence-corrected chi connectivity index (χ1v) is 9.03. The molecule has 0 aliphatic heterocycles. The molecule has 0 fully saturated rings. The van der Waals surface area contributed by atoms with E-state index in [9.17, 15) is 13.5 Å². The zero-order valence-corrected chi connectivity index (χ0v) is 13.9. The smallest absolute Gasteiger partial charge is 0.241 e. The van der Waals surface area contributed by atoms with Crippen LogP contribution in [0.2, 0.25) is 0 Å². The third kappa shape index (κ3) is 3.52. The van der Waals surface area contributed by atoms with Gasteiger partial charge in [0.2, 0.25) is 10.0 Å². The molecule has 0 saturated carbocycles. The van der Waals surface area contributed by atoms with Gasteiger partial charge in [-0.25, -0.2) is 13.1 Å². The Labute approximate surface area is 129 Å². The van der Waals surface area contributed by atoms with Crippen LogP contribution in [0.25, 0.3) is 0 Å². The molecule has 2 N–H and O–H groups in total. The Balaban J connectivity index is 2.36. The van der Waals surface area contributed by atoms with Crippen molar-refractivity contribution in [2.24, 2.45) is 0 Å². The van der Waals surface area contributed by atoms with Crippen LogP contribution >= 0.6 is 11.3 Å². The second-order valence-corrected chi connectivity index (χ2v) is 7.56. The Kier molecular flexibility index (Phi) is 4.83. The van der Waals surface area contributed by atoms with E-state index in [2.05, 4.69) is 4.72 Å². The number of hydrogen-bond acceptors (Lipinski definition) is 4. The fourth-order valence-corrected chi connectivity index (χ4v) is 4.48. The zero-order chi connectivity index (χ0) is 15.6. The van der Waals surface area contributed by atoms with E-state index < -0.39 is 10.0 Å². The minimum Gasteiger partial charge on any atom is -0.392 e. The van der Waals surface area contributed by atoms with Crippen LogP contribution in [0, 0.1) is 13.8 Å². The van der Waals surface area contributed by atoms with Crippen molar-refractivity contribution in [3.05, 3.63) is 51.2 Å². The van der Waals surface area contributed by atoms with Gasteiger partial charge in [0, 0.05) is 6.04 Å². The first-order valence-electron chi connectivity index (χ1n) is 6.60. The number of aliphatic hydroxyl groups is 1. The molecule has 0 amide bonds. The quantitative estimate of drug-likeness (QED) is 0.888. The van der Waals surface area contributed by atoms with Crippen molar-refractivity contribution >= 4 is 21.4 Å². The van der Waals surface area contributed by atoms with Crippen LogP contribution in [-0.2, 0) is 16.6 Å². The Morgan fingerprint density at radius 3 is 2.57 bits per heavy atom. The third-order valence-corrected chi connectivity index (χ3v) is 5.85. The van der Waals surface area contributed by atoms with E-state index in [4.69, 9.17) is 0 Å². The first kappa shape index (κ1) is 16.2. The van der Waals surface area contributed by atoms with Gasteiger partial charge in [-0.1, -0.05) is 6.07 Å². The fourth-order valence-electron chi connectivity index (χ4n) is 2.22. The number of rotatable bonds is 5. The van der Waals surface area contributed by atoms with Gasteiger partial charge >= 0.3 is 0 Å². The Bertz CT molecular complexity index is 722. The molecular weight excluding hydrogens is 306 g/mol. The van der Waals surface area contributed by atoms with Gasteiger partial charge in [-0.15, -0.1) is 0 Å². The lowest BCUT2D eigenvalue weighted by molar-refractivity contribution is 0.280. The molecule has 6 heteroatoms. The molecule has 1 aromatic heterocycles. The number of nitrogens with one attached hydrogen (secondary N) is 1. The topological polar surface area (TPSA) is 66.4 Å². The molecule has 0 radical (unpaired) electrons. The molecule has 1 aromatic carbocycles. The number of sulfonamides is 1. The maximum absolute atomic E-state index is 12.5. The molecule has 1 unspecified atom stereocenters. The molecule has 1 atom stereocenters. The summed E-state index contributed by atoms with van der Waals surface area (Å²) in [6.07, 6.45) is 0. The monoisotopic (exact) mass is 325 g/mol. The van der Waals surface area contributed by atoms with Crippen LogP contribution in [0.5, 0.6) is 0 Å². The lowest BCUT2D eigenvalue weighted by Gasteiger charge is -2.16. The minimum atomic E-state index is -3.62. The molecule has 0 saturated heterocycles. The summed E-state index contributed by atoms with van der Waals surface area (Å²) >= 11 is 1.53. The largest absolute Gasteiger partial charge is 0.392 e. The van der Waals surface area contributed by atoms with Gasteiger partial charge in [0.1, 0.15) is 0 Å². The Morgan fingerprint density at radius 1 is 1.29 bits per heavy atom. The van der Waals surface area contributed by atoms with Gasteiger partial charge in [0.15, 0.2) is 0 Å².